The van der Waals surface area contributed by atoms with Crippen molar-refractivity contribution in [3.8, 4) is 22.5 Å². The number of pyridine rings is 2. The maximum atomic E-state index is 4.31. The number of aromatic nitrogens is 4. The van der Waals surface area contributed by atoms with Crippen molar-refractivity contribution >= 4 is 65.9 Å². The van der Waals surface area contributed by atoms with Gasteiger partial charge in [-0.15, -0.1) is 11.3 Å². The first kappa shape index (κ1) is 30.4. The molecule has 5 aromatic heterocycles. The van der Waals surface area contributed by atoms with Gasteiger partial charge in [-0.3, -0.25) is 19.8 Å². The van der Waals surface area contributed by atoms with E-state index in [0.717, 1.165) is 51.3 Å². The second kappa shape index (κ2) is 12.7. The fourth-order valence-corrected chi connectivity index (χ4v) is 8.14. The van der Waals surface area contributed by atoms with Gasteiger partial charge in [-0.25, -0.2) is 0 Å². The Balaban J connectivity index is 1.15. The molecule has 0 radical (unpaired) electrons. The van der Waals surface area contributed by atoms with Gasteiger partial charge in [0.05, 0.1) is 17.1 Å². The van der Waals surface area contributed by atoms with E-state index in [0.29, 0.717) is 0 Å². The van der Waals surface area contributed by atoms with Crippen molar-refractivity contribution in [2.24, 2.45) is 14.1 Å². The van der Waals surface area contributed by atoms with Gasteiger partial charge in [0.15, 0.2) is 0 Å². The fraction of sp³-hybridized carbons (Fsp3) is 0.0455. The second-order valence-electron chi connectivity index (χ2n) is 12.4. The molecule has 0 N–H and O–H groups in total. The number of benzene rings is 3. The van der Waals surface area contributed by atoms with Crippen LogP contribution in [0.2, 0.25) is 0 Å². The highest BCUT2D eigenvalue weighted by Gasteiger charge is 2.21. The quantitative estimate of drug-likeness (QED) is 0.161. The van der Waals surface area contributed by atoms with Crippen LogP contribution in [0.1, 0.15) is 0 Å². The van der Waals surface area contributed by atoms with Crippen LogP contribution in [-0.4, -0.2) is 19.1 Å². The summed E-state index contributed by atoms with van der Waals surface area (Å²) < 4.78 is 6.92. The van der Waals surface area contributed by atoms with Gasteiger partial charge in [0.2, 0.25) is 0 Å². The molecule has 0 saturated carbocycles. The van der Waals surface area contributed by atoms with E-state index < -0.39 is 0 Å². The molecule has 5 heterocycles. The Morgan fingerprint density at radius 2 is 1.08 bits per heavy atom. The van der Waals surface area contributed by atoms with Crippen molar-refractivity contribution in [3.63, 3.8) is 0 Å². The van der Waals surface area contributed by atoms with Crippen molar-refractivity contribution in [3.05, 3.63) is 170 Å². The Kier molecular flexibility index (Phi) is 7.57. The molecule has 51 heavy (non-hydrogen) atoms. The summed E-state index contributed by atoms with van der Waals surface area (Å²) in [6.07, 6.45) is 7.39. The van der Waals surface area contributed by atoms with Gasteiger partial charge in [0, 0.05) is 81.7 Å². The first-order chi connectivity index (χ1) is 25.1. The van der Waals surface area contributed by atoms with E-state index in [9.17, 15) is 0 Å². The van der Waals surface area contributed by atoms with Crippen molar-refractivity contribution < 1.29 is 0 Å². The molecule has 0 amide bonds. The van der Waals surface area contributed by atoms with E-state index >= 15 is 0 Å². The summed E-state index contributed by atoms with van der Waals surface area (Å²) in [5, 5.41) is 2.48. The summed E-state index contributed by atoms with van der Waals surface area (Å²) in [4.78, 5) is 13.2. The van der Waals surface area contributed by atoms with Gasteiger partial charge >= 0.3 is 0 Å². The number of hydrogen-bond acceptors (Lipinski definition) is 5. The zero-order valence-corrected chi connectivity index (χ0v) is 28.9. The zero-order chi connectivity index (χ0) is 34.3. The van der Waals surface area contributed by atoms with E-state index in [1.165, 1.54) is 25.7 Å². The average Bonchev–Trinajstić information content (AvgIpc) is 3.87. The van der Waals surface area contributed by atoms with Gasteiger partial charge in [-0.2, -0.15) is 0 Å². The predicted octanol–water partition coefficient (Wildman–Crippen LogP) is 11.4. The molecule has 9 rings (SSSR count). The summed E-state index contributed by atoms with van der Waals surface area (Å²) in [7, 11) is 4.23. The van der Waals surface area contributed by atoms with Gasteiger partial charge < -0.3 is 9.13 Å². The molecule has 0 aliphatic heterocycles. The molecule has 0 saturated heterocycles. The number of fused-ring (bicyclic) bond motifs is 3. The number of rotatable bonds is 8. The summed E-state index contributed by atoms with van der Waals surface area (Å²) >= 11 is 1.82. The Hall–Kier alpha value is -6.62. The van der Waals surface area contributed by atoms with Gasteiger partial charge in [0.1, 0.15) is 11.6 Å². The van der Waals surface area contributed by atoms with Crippen LogP contribution in [0.3, 0.4) is 0 Å². The summed E-state index contributed by atoms with van der Waals surface area (Å²) in [6, 6.07) is 53.3. The maximum Gasteiger partial charge on any atom is 0.117 e. The molecule has 0 aliphatic carbocycles. The molecule has 9 aromatic rings. The normalized spacial score (nSPS) is 11.2. The highest BCUT2D eigenvalue weighted by Crippen LogP contribution is 2.44. The highest BCUT2D eigenvalue weighted by atomic mass is 32.1. The van der Waals surface area contributed by atoms with Gasteiger partial charge in [-0.05, 0) is 90.5 Å². The zero-order valence-electron chi connectivity index (χ0n) is 28.1. The molecule has 0 unspecified atom stereocenters. The lowest BCUT2D eigenvalue weighted by Crippen LogP contribution is -2.13. The number of thiophene rings is 1. The lowest BCUT2D eigenvalue weighted by molar-refractivity contribution is 0.921. The van der Waals surface area contributed by atoms with E-state index in [1.54, 1.807) is 0 Å². The van der Waals surface area contributed by atoms with Crippen LogP contribution >= 0.6 is 11.3 Å². The molecular formula is C44H32N6S. The third-order valence-corrected chi connectivity index (χ3v) is 10.6. The summed E-state index contributed by atoms with van der Waals surface area (Å²) in [5.74, 6) is 2.12. The second-order valence-corrected chi connectivity index (χ2v) is 13.5. The van der Waals surface area contributed by atoms with E-state index in [4.69, 9.17) is 0 Å². The van der Waals surface area contributed by atoms with Crippen molar-refractivity contribution in [2.45, 2.75) is 0 Å². The van der Waals surface area contributed by atoms with Crippen LogP contribution in [0, 0.1) is 12.1 Å². The maximum absolute atomic E-state index is 4.31. The Labute approximate surface area is 300 Å². The minimum atomic E-state index is 1.00. The summed E-state index contributed by atoms with van der Waals surface area (Å²) in [5.41, 5.74) is 8.67. The summed E-state index contributed by atoms with van der Waals surface area (Å²) in [6.45, 7) is 0. The Morgan fingerprint density at radius 3 is 1.63 bits per heavy atom. The molecule has 7 heteroatoms. The standard InChI is InChI=1S/C44H32N6S/c1-47-39(31-9-5-3-6-10-31)17-19-43(47)49(33-21-25-45-26-22-33)35-13-15-37-38-16-14-36(30-42(38)51-41(37)29-35)50(34-23-27-46-28-24-34)44-20-18-40(48(44)2)32-11-7-4-8-12-32/h3-7,9-11,13-30H,1-2H3. The molecule has 0 atom stereocenters. The molecular weight excluding hydrogens is 645 g/mol. The minimum absolute atomic E-state index is 1.00. The molecule has 6 nitrogen and oxygen atoms in total. The molecule has 4 aromatic carbocycles. The van der Waals surface area contributed by atoms with Crippen LogP contribution in [0.25, 0.3) is 42.7 Å². The smallest absolute Gasteiger partial charge is 0.117 e. The lowest BCUT2D eigenvalue weighted by atomic mass is 10.1. The monoisotopic (exact) mass is 676 g/mol. The Bertz CT molecular complexity index is 2430. The molecule has 0 fully saturated rings. The third-order valence-electron chi connectivity index (χ3n) is 9.44. The number of hydrogen-bond donors (Lipinski definition) is 0. The lowest BCUT2D eigenvalue weighted by Gasteiger charge is -2.26. The minimum Gasteiger partial charge on any atom is -0.330 e. The van der Waals surface area contributed by atoms with Gasteiger partial charge in [-0.1, -0.05) is 60.7 Å². The van der Waals surface area contributed by atoms with E-state index in [-0.39, 0.29) is 0 Å². The van der Waals surface area contributed by atoms with Crippen molar-refractivity contribution in [1.29, 1.82) is 0 Å². The van der Waals surface area contributed by atoms with Crippen LogP contribution in [0.15, 0.2) is 158 Å². The van der Waals surface area contributed by atoms with Crippen LogP contribution < -0.4 is 9.80 Å². The van der Waals surface area contributed by atoms with E-state index in [1.807, 2.05) is 48.3 Å². The molecule has 0 bridgehead atoms. The number of nitrogens with zero attached hydrogens (tertiary/aromatic N) is 6. The van der Waals surface area contributed by atoms with Crippen molar-refractivity contribution in [1.82, 2.24) is 19.1 Å². The molecule has 0 aliphatic rings. The largest absolute Gasteiger partial charge is 0.330 e. The topological polar surface area (TPSA) is 42.1 Å². The third kappa shape index (κ3) is 5.39. The SMILES string of the molecule is Cn1c(-c2c#cccc2)ccc1N(c1ccncc1)c1ccc2c(c1)sc1cc(N(c3ccncc3)c3ccc(-c4ccccc4)n3C)ccc12. The number of anilines is 6. The Morgan fingerprint density at radius 1 is 0.529 bits per heavy atom. The van der Waals surface area contributed by atoms with E-state index in [2.05, 4.69) is 176 Å². The van der Waals surface area contributed by atoms with Gasteiger partial charge in [0.25, 0.3) is 0 Å². The van der Waals surface area contributed by atoms with Crippen LogP contribution in [0.5, 0.6) is 0 Å². The first-order valence-corrected chi connectivity index (χ1v) is 17.6. The van der Waals surface area contributed by atoms with Crippen molar-refractivity contribution in [2.75, 3.05) is 9.80 Å². The molecule has 0 spiro atoms. The van der Waals surface area contributed by atoms with Crippen LogP contribution in [0.4, 0.5) is 34.4 Å². The first-order valence-electron chi connectivity index (χ1n) is 16.8. The predicted molar refractivity (Wildman–Crippen MR) is 211 cm³/mol. The fourth-order valence-electron chi connectivity index (χ4n) is 6.97. The van der Waals surface area contributed by atoms with Crippen LogP contribution in [-0.2, 0) is 14.1 Å². The molecule has 244 valence electrons. The average molecular weight is 677 g/mol. The highest BCUT2D eigenvalue weighted by molar-refractivity contribution is 7.25.